The first-order valence-electron chi connectivity index (χ1n) is 13.1. The summed E-state index contributed by atoms with van der Waals surface area (Å²) in [5, 5.41) is 3.79. The summed E-state index contributed by atoms with van der Waals surface area (Å²) in [5.74, 6) is -0.810. The molecule has 0 bridgehead atoms. The van der Waals surface area contributed by atoms with Crippen LogP contribution in [0.3, 0.4) is 0 Å². The van der Waals surface area contributed by atoms with Crippen molar-refractivity contribution >= 4 is 62.3 Å². The van der Waals surface area contributed by atoms with Crippen LogP contribution in [0.2, 0.25) is 15.1 Å². The van der Waals surface area contributed by atoms with Crippen LogP contribution in [0.15, 0.2) is 71.6 Å². The van der Waals surface area contributed by atoms with E-state index in [2.05, 4.69) is 5.32 Å². The minimum atomic E-state index is -4.29. The zero-order valence-corrected chi connectivity index (χ0v) is 27.1. The topological polar surface area (TPSA) is 96.0 Å². The number of methoxy groups -OCH3 is 1. The summed E-state index contributed by atoms with van der Waals surface area (Å²) in [6, 6.07) is 16.2. The zero-order chi connectivity index (χ0) is 31.2. The van der Waals surface area contributed by atoms with Gasteiger partial charge in [0.05, 0.1) is 27.7 Å². The Hall–Kier alpha value is -2.98. The van der Waals surface area contributed by atoms with Gasteiger partial charge in [-0.05, 0) is 75.2 Å². The SMILES string of the molecule is CCC(C(=O)NC(C)(C)C)N(Cc1ccc(Cl)c(Cl)c1)C(=O)CN(c1cc(Cl)ccc1OC)S(=O)(=O)c1ccccc1. The van der Waals surface area contributed by atoms with Crippen LogP contribution in [-0.2, 0) is 26.2 Å². The van der Waals surface area contributed by atoms with E-state index in [4.69, 9.17) is 39.5 Å². The van der Waals surface area contributed by atoms with Crippen molar-refractivity contribution in [3.8, 4) is 5.75 Å². The minimum Gasteiger partial charge on any atom is -0.495 e. The molecule has 0 saturated carbocycles. The Balaban J connectivity index is 2.14. The van der Waals surface area contributed by atoms with Gasteiger partial charge in [-0.2, -0.15) is 0 Å². The summed E-state index contributed by atoms with van der Waals surface area (Å²) >= 11 is 18.6. The van der Waals surface area contributed by atoms with Gasteiger partial charge in [-0.3, -0.25) is 13.9 Å². The van der Waals surface area contributed by atoms with Crippen LogP contribution in [0.5, 0.6) is 5.75 Å². The Morgan fingerprint density at radius 1 is 0.952 bits per heavy atom. The van der Waals surface area contributed by atoms with Gasteiger partial charge < -0.3 is 15.0 Å². The standard InChI is InChI=1S/C30H34Cl3N3O5S/c1-6-25(29(38)34-30(2,3)4)35(18-20-12-14-23(32)24(33)16-20)28(37)19-36(26-17-21(31)13-15-27(26)41-5)42(39,40)22-10-8-7-9-11-22/h7-17,25H,6,18-19H2,1-5H3,(H,34,38). The molecule has 0 heterocycles. The fourth-order valence-electron chi connectivity index (χ4n) is 4.30. The molecule has 0 aliphatic rings. The molecule has 3 aromatic carbocycles. The maximum Gasteiger partial charge on any atom is 0.264 e. The molecule has 1 atom stereocenters. The number of carbonyl (C=O) groups excluding carboxylic acids is 2. The number of ether oxygens (including phenoxy) is 1. The Morgan fingerprint density at radius 2 is 1.62 bits per heavy atom. The molecule has 3 rings (SSSR count). The molecule has 0 aliphatic carbocycles. The van der Waals surface area contributed by atoms with Crippen molar-refractivity contribution in [2.45, 2.75) is 57.1 Å². The van der Waals surface area contributed by atoms with E-state index in [1.165, 1.54) is 36.3 Å². The number of benzene rings is 3. The molecule has 1 N–H and O–H groups in total. The van der Waals surface area contributed by atoms with Gasteiger partial charge in [0.2, 0.25) is 11.8 Å². The normalized spacial score (nSPS) is 12.4. The van der Waals surface area contributed by atoms with Crippen molar-refractivity contribution in [1.29, 1.82) is 0 Å². The molecule has 0 aliphatic heterocycles. The molecule has 0 radical (unpaired) electrons. The zero-order valence-electron chi connectivity index (χ0n) is 24.0. The van der Waals surface area contributed by atoms with Crippen molar-refractivity contribution in [2.75, 3.05) is 18.0 Å². The van der Waals surface area contributed by atoms with Gasteiger partial charge in [0.1, 0.15) is 18.3 Å². The molecule has 0 spiro atoms. The third kappa shape index (κ3) is 8.31. The number of hydrogen-bond donors (Lipinski definition) is 1. The van der Waals surface area contributed by atoms with Crippen molar-refractivity contribution in [1.82, 2.24) is 10.2 Å². The third-order valence-electron chi connectivity index (χ3n) is 6.24. The second kappa shape index (κ2) is 14.0. The highest BCUT2D eigenvalue weighted by molar-refractivity contribution is 7.92. The minimum absolute atomic E-state index is 0.0301. The van der Waals surface area contributed by atoms with Crippen LogP contribution in [0.4, 0.5) is 5.69 Å². The molecule has 12 heteroatoms. The first kappa shape index (κ1) is 33.5. The van der Waals surface area contributed by atoms with E-state index in [1.807, 2.05) is 20.8 Å². The number of rotatable bonds is 11. The lowest BCUT2D eigenvalue weighted by Gasteiger charge is -2.35. The van der Waals surface area contributed by atoms with Crippen LogP contribution in [0.25, 0.3) is 0 Å². The molecule has 42 heavy (non-hydrogen) atoms. The average molecular weight is 655 g/mol. The summed E-state index contributed by atoms with van der Waals surface area (Å²) in [6.45, 7) is 6.61. The summed E-state index contributed by atoms with van der Waals surface area (Å²) in [6.07, 6.45) is 0.265. The van der Waals surface area contributed by atoms with Gasteiger partial charge in [-0.1, -0.05) is 66.0 Å². The number of sulfonamides is 1. The van der Waals surface area contributed by atoms with Gasteiger partial charge in [-0.15, -0.1) is 0 Å². The summed E-state index contributed by atoms with van der Waals surface area (Å²) in [7, 11) is -2.90. The Bertz CT molecular complexity index is 1530. The van der Waals surface area contributed by atoms with Crippen LogP contribution < -0.4 is 14.4 Å². The molecule has 1 unspecified atom stereocenters. The second-order valence-corrected chi connectivity index (χ2v) is 13.7. The number of anilines is 1. The largest absolute Gasteiger partial charge is 0.495 e. The van der Waals surface area contributed by atoms with E-state index in [0.717, 1.165) is 4.31 Å². The van der Waals surface area contributed by atoms with Crippen LogP contribution in [0, 0.1) is 0 Å². The van der Waals surface area contributed by atoms with Crippen LogP contribution in [0.1, 0.15) is 39.7 Å². The smallest absolute Gasteiger partial charge is 0.264 e. The molecule has 226 valence electrons. The van der Waals surface area contributed by atoms with E-state index in [1.54, 1.807) is 49.4 Å². The number of nitrogens with one attached hydrogen (secondary N) is 1. The fourth-order valence-corrected chi connectivity index (χ4v) is 6.22. The monoisotopic (exact) mass is 653 g/mol. The number of nitrogens with zero attached hydrogens (tertiary/aromatic N) is 2. The Morgan fingerprint density at radius 3 is 2.19 bits per heavy atom. The van der Waals surface area contributed by atoms with Gasteiger partial charge in [0.25, 0.3) is 10.0 Å². The highest BCUT2D eigenvalue weighted by Gasteiger charge is 2.35. The molecular formula is C30H34Cl3N3O5S. The lowest BCUT2D eigenvalue weighted by Crippen LogP contribution is -2.55. The highest BCUT2D eigenvalue weighted by Crippen LogP contribution is 2.35. The van der Waals surface area contributed by atoms with Crippen molar-refractivity contribution in [3.05, 3.63) is 87.4 Å². The molecule has 0 aromatic heterocycles. The Labute approximate surface area is 262 Å². The van der Waals surface area contributed by atoms with E-state index < -0.39 is 34.1 Å². The van der Waals surface area contributed by atoms with Gasteiger partial charge in [0.15, 0.2) is 0 Å². The van der Waals surface area contributed by atoms with E-state index >= 15 is 0 Å². The number of hydrogen-bond acceptors (Lipinski definition) is 5. The lowest BCUT2D eigenvalue weighted by atomic mass is 10.1. The fraction of sp³-hybridized carbons (Fsp3) is 0.333. The number of amides is 2. The summed E-state index contributed by atoms with van der Waals surface area (Å²) in [5.41, 5.74) is 0.112. The third-order valence-corrected chi connectivity index (χ3v) is 8.99. The van der Waals surface area contributed by atoms with E-state index in [0.29, 0.717) is 10.6 Å². The molecule has 8 nitrogen and oxygen atoms in total. The predicted molar refractivity (Wildman–Crippen MR) is 168 cm³/mol. The molecule has 0 fully saturated rings. The van der Waals surface area contributed by atoms with Crippen LogP contribution >= 0.6 is 34.8 Å². The van der Waals surface area contributed by atoms with Crippen molar-refractivity contribution < 1.29 is 22.7 Å². The number of carbonyl (C=O) groups is 2. The quantitative estimate of drug-likeness (QED) is 0.252. The molecule has 0 saturated heterocycles. The van der Waals surface area contributed by atoms with Gasteiger partial charge in [-0.25, -0.2) is 8.42 Å². The molecule has 2 amide bonds. The molecule has 3 aromatic rings. The van der Waals surface area contributed by atoms with Crippen molar-refractivity contribution in [3.63, 3.8) is 0 Å². The molecular weight excluding hydrogens is 621 g/mol. The van der Waals surface area contributed by atoms with Gasteiger partial charge >= 0.3 is 0 Å². The lowest BCUT2D eigenvalue weighted by molar-refractivity contribution is -0.141. The summed E-state index contributed by atoms with van der Waals surface area (Å²) in [4.78, 5) is 29.0. The van der Waals surface area contributed by atoms with E-state index in [9.17, 15) is 18.0 Å². The summed E-state index contributed by atoms with van der Waals surface area (Å²) < 4.78 is 34.4. The maximum absolute atomic E-state index is 14.2. The first-order chi connectivity index (χ1) is 19.7. The maximum atomic E-state index is 14.2. The second-order valence-electron chi connectivity index (χ2n) is 10.6. The number of halogens is 3. The van der Waals surface area contributed by atoms with Crippen LogP contribution in [-0.4, -0.2) is 50.4 Å². The highest BCUT2D eigenvalue weighted by atomic mass is 35.5. The first-order valence-corrected chi connectivity index (χ1v) is 15.7. The average Bonchev–Trinajstić information content (AvgIpc) is 2.92. The van der Waals surface area contributed by atoms with Gasteiger partial charge in [0, 0.05) is 17.1 Å². The predicted octanol–water partition coefficient (Wildman–Crippen LogP) is 6.57. The Kier molecular flexibility index (Phi) is 11.2. The van der Waals surface area contributed by atoms with Crippen molar-refractivity contribution in [2.24, 2.45) is 0 Å². The van der Waals surface area contributed by atoms with E-state index in [-0.39, 0.29) is 45.3 Å².